The molecular weight excluding hydrogens is 394 g/mol. The highest BCUT2D eigenvalue weighted by Crippen LogP contribution is 2.39. The van der Waals surface area contributed by atoms with Crippen molar-refractivity contribution in [3.63, 3.8) is 0 Å². The number of hydrogen-bond acceptors (Lipinski definition) is 4. The van der Waals surface area contributed by atoms with Crippen molar-refractivity contribution in [2.45, 2.75) is 45.6 Å². The van der Waals surface area contributed by atoms with Crippen LogP contribution in [-0.4, -0.2) is 39.3 Å². The fraction of sp³-hybridized carbons (Fsp3) is 0.320. The molecule has 1 amide bonds. The number of aliphatic carboxylic acids is 1. The fourth-order valence-electron chi connectivity index (χ4n) is 3.81. The second kappa shape index (κ2) is 9.60. The number of unbranched alkanes of at least 4 members (excludes halogenated alkanes) is 2. The predicted octanol–water partition coefficient (Wildman–Crippen LogP) is 4.37. The molecule has 1 aliphatic heterocycles. The minimum absolute atomic E-state index is 0.0770. The van der Waals surface area contributed by atoms with Crippen LogP contribution in [0.2, 0.25) is 0 Å². The summed E-state index contributed by atoms with van der Waals surface area (Å²) in [6, 6.07) is 14.0. The monoisotopic (exact) mass is 421 g/mol. The third-order valence-electron chi connectivity index (χ3n) is 5.55. The summed E-state index contributed by atoms with van der Waals surface area (Å²) in [6.45, 7) is 4.20. The van der Waals surface area contributed by atoms with E-state index >= 15 is 0 Å². The van der Waals surface area contributed by atoms with Crippen molar-refractivity contribution in [1.29, 1.82) is 0 Å². The lowest BCUT2D eigenvalue weighted by Gasteiger charge is -2.25. The number of benzene rings is 2. The number of carboxylic acid groups (broad SMARTS) is 1. The van der Waals surface area contributed by atoms with Gasteiger partial charge < -0.3 is 15.1 Å². The molecule has 2 aromatic rings. The number of nitrogens with zero attached hydrogens (tertiary/aromatic N) is 1. The molecule has 0 spiro atoms. The lowest BCUT2D eigenvalue weighted by atomic mass is 9.94. The summed E-state index contributed by atoms with van der Waals surface area (Å²) in [5, 5.41) is 19.8. The van der Waals surface area contributed by atoms with E-state index in [1.807, 2.05) is 50.2 Å². The molecule has 1 heterocycles. The normalized spacial score (nSPS) is 17.9. The molecule has 2 N–H and O–H groups in total. The number of hydrogen-bond donors (Lipinski definition) is 2. The van der Waals surface area contributed by atoms with Crippen LogP contribution in [0.1, 0.15) is 54.0 Å². The van der Waals surface area contributed by atoms with Gasteiger partial charge in [-0.1, -0.05) is 66.1 Å². The van der Waals surface area contributed by atoms with Gasteiger partial charge in [-0.05, 0) is 32.3 Å². The molecule has 0 radical (unpaired) electrons. The maximum Gasteiger partial charge on any atom is 0.303 e. The van der Waals surface area contributed by atoms with Crippen molar-refractivity contribution >= 4 is 23.4 Å². The van der Waals surface area contributed by atoms with E-state index < -0.39 is 23.7 Å². The number of aliphatic hydroxyl groups excluding tert-OH is 1. The zero-order valence-electron chi connectivity index (χ0n) is 17.8. The van der Waals surface area contributed by atoms with E-state index in [4.69, 9.17) is 5.11 Å². The summed E-state index contributed by atoms with van der Waals surface area (Å²) in [7, 11) is 0. The highest BCUT2D eigenvalue weighted by Gasteiger charge is 2.45. The summed E-state index contributed by atoms with van der Waals surface area (Å²) in [5.74, 6) is -2.37. The number of carbonyl (C=O) groups is 3. The topological polar surface area (TPSA) is 94.9 Å². The molecule has 31 heavy (non-hydrogen) atoms. The van der Waals surface area contributed by atoms with Crippen LogP contribution < -0.4 is 0 Å². The Morgan fingerprint density at radius 3 is 2.03 bits per heavy atom. The SMILES string of the molecule is Cc1ccc(C(O)=C2C(=O)C(=O)N(CCCCCC(=O)O)[C@@H]2c2ccc(C)cc2)cc1. The molecule has 3 rings (SSSR count). The van der Waals surface area contributed by atoms with Crippen LogP contribution in [0.15, 0.2) is 54.1 Å². The minimum Gasteiger partial charge on any atom is -0.507 e. The van der Waals surface area contributed by atoms with Gasteiger partial charge >= 0.3 is 5.97 Å². The second-order valence-corrected chi connectivity index (χ2v) is 7.97. The first-order valence-corrected chi connectivity index (χ1v) is 10.4. The van der Waals surface area contributed by atoms with Crippen molar-refractivity contribution in [2.24, 2.45) is 0 Å². The van der Waals surface area contributed by atoms with Crippen LogP contribution in [-0.2, 0) is 14.4 Å². The van der Waals surface area contributed by atoms with E-state index in [1.165, 1.54) is 4.90 Å². The van der Waals surface area contributed by atoms with Gasteiger partial charge in [0.25, 0.3) is 11.7 Å². The van der Waals surface area contributed by atoms with Gasteiger partial charge in [0.2, 0.25) is 0 Å². The van der Waals surface area contributed by atoms with E-state index in [0.29, 0.717) is 31.4 Å². The second-order valence-electron chi connectivity index (χ2n) is 7.97. The van der Waals surface area contributed by atoms with Crippen LogP contribution in [0.5, 0.6) is 0 Å². The molecule has 1 saturated heterocycles. The molecule has 6 nitrogen and oxygen atoms in total. The van der Waals surface area contributed by atoms with E-state index in [0.717, 1.165) is 16.7 Å². The van der Waals surface area contributed by atoms with Gasteiger partial charge in [-0.2, -0.15) is 0 Å². The van der Waals surface area contributed by atoms with Crippen LogP contribution in [0.25, 0.3) is 5.76 Å². The van der Waals surface area contributed by atoms with Crippen LogP contribution >= 0.6 is 0 Å². The molecule has 0 saturated carbocycles. The Balaban J connectivity index is 1.96. The Bertz CT molecular complexity index is 1010. The Morgan fingerprint density at radius 2 is 1.45 bits per heavy atom. The summed E-state index contributed by atoms with van der Waals surface area (Å²) in [4.78, 5) is 38.0. The number of aliphatic hydroxyl groups is 1. The summed E-state index contributed by atoms with van der Waals surface area (Å²) in [6.07, 6.45) is 1.80. The number of carbonyl (C=O) groups excluding carboxylic acids is 2. The molecule has 1 aliphatic rings. The number of Topliss-reactive ketones (excluding diaryl/α,β-unsaturated/α-hetero) is 1. The van der Waals surface area contributed by atoms with Gasteiger partial charge in [0.15, 0.2) is 0 Å². The van der Waals surface area contributed by atoms with E-state index in [-0.39, 0.29) is 17.8 Å². The summed E-state index contributed by atoms with van der Waals surface area (Å²) < 4.78 is 0. The average Bonchev–Trinajstić information content (AvgIpc) is 2.99. The molecule has 0 aliphatic carbocycles. The maximum atomic E-state index is 12.9. The Morgan fingerprint density at radius 1 is 0.871 bits per heavy atom. The lowest BCUT2D eigenvalue weighted by molar-refractivity contribution is -0.140. The number of likely N-dealkylation sites (tertiary alicyclic amines) is 1. The number of rotatable bonds is 8. The van der Waals surface area contributed by atoms with E-state index in [1.54, 1.807) is 12.1 Å². The molecule has 0 unspecified atom stereocenters. The molecule has 6 heteroatoms. The van der Waals surface area contributed by atoms with Gasteiger partial charge in [0.1, 0.15) is 5.76 Å². The maximum absolute atomic E-state index is 12.9. The van der Waals surface area contributed by atoms with Gasteiger partial charge in [0.05, 0.1) is 11.6 Å². The largest absolute Gasteiger partial charge is 0.507 e. The first-order chi connectivity index (χ1) is 14.8. The van der Waals surface area contributed by atoms with Crippen molar-refractivity contribution in [1.82, 2.24) is 4.90 Å². The number of carboxylic acids is 1. The quantitative estimate of drug-likeness (QED) is 0.286. The smallest absolute Gasteiger partial charge is 0.303 e. The zero-order chi connectivity index (χ0) is 22.5. The van der Waals surface area contributed by atoms with Gasteiger partial charge in [0, 0.05) is 18.5 Å². The highest BCUT2D eigenvalue weighted by molar-refractivity contribution is 6.46. The third-order valence-corrected chi connectivity index (χ3v) is 5.55. The third kappa shape index (κ3) is 5.02. The highest BCUT2D eigenvalue weighted by atomic mass is 16.4. The summed E-state index contributed by atoms with van der Waals surface area (Å²) >= 11 is 0. The van der Waals surface area contributed by atoms with Gasteiger partial charge in [-0.15, -0.1) is 0 Å². The van der Waals surface area contributed by atoms with Crippen molar-refractivity contribution in [3.8, 4) is 0 Å². The number of amides is 1. The Kier molecular flexibility index (Phi) is 6.90. The lowest BCUT2D eigenvalue weighted by Crippen LogP contribution is -2.30. The zero-order valence-corrected chi connectivity index (χ0v) is 17.8. The molecule has 0 bridgehead atoms. The van der Waals surface area contributed by atoms with Gasteiger partial charge in [-0.25, -0.2) is 0 Å². The van der Waals surface area contributed by atoms with Crippen molar-refractivity contribution < 1.29 is 24.6 Å². The van der Waals surface area contributed by atoms with Crippen LogP contribution in [0.3, 0.4) is 0 Å². The van der Waals surface area contributed by atoms with Crippen LogP contribution in [0.4, 0.5) is 0 Å². The standard InChI is InChI=1S/C25H27NO5/c1-16-7-11-18(12-8-16)22-21(23(29)19-13-9-17(2)10-14-19)24(30)25(31)26(22)15-5-3-4-6-20(27)28/h7-14,22,29H,3-6,15H2,1-2H3,(H,27,28)/t22-/m1/s1. The number of ketones is 1. The van der Waals surface area contributed by atoms with Crippen molar-refractivity contribution in [3.05, 3.63) is 76.4 Å². The molecule has 1 fully saturated rings. The number of aryl methyl sites for hydroxylation is 2. The first-order valence-electron chi connectivity index (χ1n) is 10.4. The molecule has 0 aromatic heterocycles. The average molecular weight is 421 g/mol. The van der Waals surface area contributed by atoms with Gasteiger partial charge in [-0.3, -0.25) is 14.4 Å². The molecule has 162 valence electrons. The van der Waals surface area contributed by atoms with E-state index in [9.17, 15) is 19.5 Å². The Hall–Kier alpha value is -3.41. The minimum atomic E-state index is -0.849. The molecule has 2 aromatic carbocycles. The molecular formula is C25H27NO5. The fourth-order valence-corrected chi connectivity index (χ4v) is 3.81. The first kappa shape index (κ1) is 22.3. The van der Waals surface area contributed by atoms with Crippen LogP contribution in [0, 0.1) is 13.8 Å². The van der Waals surface area contributed by atoms with Crippen molar-refractivity contribution in [2.75, 3.05) is 6.54 Å². The Labute approximate surface area is 181 Å². The summed E-state index contributed by atoms with van der Waals surface area (Å²) in [5.41, 5.74) is 3.40. The van der Waals surface area contributed by atoms with E-state index in [2.05, 4.69) is 0 Å². The predicted molar refractivity (Wildman–Crippen MR) is 117 cm³/mol. The molecule has 1 atom stereocenters.